The van der Waals surface area contributed by atoms with Gasteiger partial charge in [0, 0.05) is 21.7 Å². The monoisotopic (exact) mass is 462 g/mol. The fraction of sp³-hybridized carbons (Fsp3) is 0.240. The molecule has 7 heteroatoms. The number of hydrogen-bond acceptors (Lipinski definition) is 6. The van der Waals surface area contributed by atoms with Gasteiger partial charge in [-0.1, -0.05) is 54.2 Å². The Labute approximate surface area is 196 Å². The summed E-state index contributed by atoms with van der Waals surface area (Å²) in [5, 5.41) is 5.09. The highest BCUT2D eigenvalue weighted by Crippen LogP contribution is 2.38. The fourth-order valence-corrected chi connectivity index (χ4v) is 5.77. The van der Waals surface area contributed by atoms with Crippen molar-refractivity contribution in [2.75, 3.05) is 20.6 Å². The molecule has 2 aromatic carbocycles. The number of nitrogens with zero attached hydrogens (tertiary/aromatic N) is 3. The van der Waals surface area contributed by atoms with Crippen molar-refractivity contribution in [2.45, 2.75) is 29.8 Å². The molecule has 0 saturated carbocycles. The van der Waals surface area contributed by atoms with Crippen molar-refractivity contribution < 1.29 is 4.79 Å². The van der Waals surface area contributed by atoms with Crippen LogP contribution >= 0.6 is 23.1 Å². The zero-order chi connectivity index (χ0) is 22.7. The predicted molar refractivity (Wildman–Crippen MR) is 133 cm³/mol. The van der Waals surface area contributed by atoms with E-state index in [2.05, 4.69) is 46.2 Å². The van der Waals surface area contributed by atoms with E-state index in [-0.39, 0.29) is 11.9 Å². The van der Waals surface area contributed by atoms with Crippen LogP contribution in [0.5, 0.6) is 0 Å². The molecule has 164 valence electrons. The molecule has 0 aliphatic heterocycles. The molecule has 0 aliphatic rings. The molecule has 0 aliphatic carbocycles. The fourth-order valence-electron chi connectivity index (χ4n) is 3.63. The lowest BCUT2D eigenvalue weighted by Gasteiger charge is -2.25. The second kappa shape index (κ2) is 9.81. The Morgan fingerprint density at radius 3 is 2.53 bits per heavy atom. The first kappa shape index (κ1) is 22.5. The van der Waals surface area contributed by atoms with Gasteiger partial charge in [0.2, 0.25) is 0 Å². The highest BCUT2D eigenvalue weighted by Gasteiger charge is 2.19. The average Bonchev–Trinajstić information content (AvgIpc) is 3.09. The molecule has 32 heavy (non-hydrogen) atoms. The summed E-state index contributed by atoms with van der Waals surface area (Å²) in [6.07, 6.45) is 1.60. The molecule has 0 saturated heterocycles. The summed E-state index contributed by atoms with van der Waals surface area (Å²) in [5.41, 5.74) is 3.03. The van der Waals surface area contributed by atoms with Crippen molar-refractivity contribution in [2.24, 2.45) is 0 Å². The number of benzene rings is 2. The molecular formula is C25H26N4OS2. The van der Waals surface area contributed by atoms with Gasteiger partial charge in [0.1, 0.15) is 16.2 Å². The summed E-state index contributed by atoms with van der Waals surface area (Å²) in [6, 6.07) is 18.0. The van der Waals surface area contributed by atoms with E-state index in [1.807, 2.05) is 56.6 Å². The highest BCUT2D eigenvalue weighted by atomic mass is 32.2. The molecular weight excluding hydrogens is 436 g/mol. The molecule has 0 fully saturated rings. The summed E-state index contributed by atoms with van der Waals surface area (Å²) in [4.78, 5) is 27.4. The molecule has 4 rings (SSSR count). The van der Waals surface area contributed by atoms with Crippen molar-refractivity contribution in [1.29, 1.82) is 0 Å². The van der Waals surface area contributed by atoms with E-state index in [0.29, 0.717) is 12.1 Å². The normalized spacial score (nSPS) is 12.3. The molecule has 5 nitrogen and oxygen atoms in total. The van der Waals surface area contributed by atoms with Crippen molar-refractivity contribution in [3.63, 3.8) is 0 Å². The number of aryl methyl sites for hydroxylation is 2. The molecule has 2 heterocycles. The lowest BCUT2D eigenvalue weighted by Crippen LogP contribution is -2.34. The number of hydrogen-bond donors (Lipinski definition) is 1. The van der Waals surface area contributed by atoms with E-state index in [0.717, 1.165) is 20.1 Å². The maximum absolute atomic E-state index is 13.2. The number of likely N-dealkylation sites (N-methyl/N-ethyl adjacent to an activating group) is 1. The van der Waals surface area contributed by atoms with Crippen molar-refractivity contribution >= 4 is 39.2 Å². The van der Waals surface area contributed by atoms with Crippen LogP contribution in [0.4, 0.5) is 0 Å². The molecule has 1 amide bonds. The highest BCUT2D eigenvalue weighted by molar-refractivity contribution is 7.99. The van der Waals surface area contributed by atoms with Gasteiger partial charge in [-0.05, 0) is 51.2 Å². The number of fused-ring (bicyclic) bond motifs is 1. The molecule has 1 N–H and O–H groups in total. The van der Waals surface area contributed by atoms with Crippen LogP contribution in [0.2, 0.25) is 0 Å². The maximum atomic E-state index is 13.2. The first-order chi connectivity index (χ1) is 15.5. The number of thiophene rings is 1. The lowest BCUT2D eigenvalue weighted by atomic mass is 10.1. The minimum atomic E-state index is -0.0839. The molecule has 4 aromatic rings. The van der Waals surface area contributed by atoms with Crippen molar-refractivity contribution in [3.05, 3.63) is 82.5 Å². The molecule has 0 spiro atoms. The Bertz CT molecular complexity index is 1240. The number of carbonyl (C=O) groups is 1. The molecule has 2 aromatic heterocycles. The Hall–Kier alpha value is -2.74. The van der Waals surface area contributed by atoms with Gasteiger partial charge < -0.3 is 10.2 Å². The third kappa shape index (κ3) is 4.70. The first-order valence-corrected chi connectivity index (χ1v) is 12.1. The Balaban J connectivity index is 1.57. The third-order valence-corrected chi connectivity index (χ3v) is 7.73. The number of carbonyl (C=O) groups excluding carboxylic acids is 1. The second-order valence-electron chi connectivity index (χ2n) is 7.84. The topological polar surface area (TPSA) is 58.1 Å². The van der Waals surface area contributed by atoms with Gasteiger partial charge in [-0.25, -0.2) is 9.97 Å². The molecule has 1 atom stereocenters. The Morgan fingerprint density at radius 2 is 1.78 bits per heavy atom. The van der Waals surface area contributed by atoms with Crippen LogP contribution in [-0.4, -0.2) is 41.4 Å². The summed E-state index contributed by atoms with van der Waals surface area (Å²) < 4.78 is 0. The van der Waals surface area contributed by atoms with Gasteiger partial charge in [-0.2, -0.15) is 0 Å². The number of rotatable bonds is 7. The van der Waals surface area contributed by atoms with Crippen LogP contribution in [0.3, 0.4) is 0 Å². The standard InChI is InChI=1S/C25H26N4OS2/c1-16-17(2)31-24-22(16)25(28-15-27-24)32-21-13-9-8-12-19(21)23(30)26-14-20(29(3)4)18-10-6-5-7-11-18/h5-13,15,20H,14H2,1-4H3,(H,26,30). The van der Waals surface area contributed by atoms with Crippen LogP contribution in [0.15, 0.2) is 70.8 Å². The van der Waals surface area contributed by atoms with Gasteiger partial charge in [0.05, 0.1) is 11.6 Å². The van der Waals surface area contributed by atoms with Crippen LogP contribution < -0.4 is 5.32 Å². The summed E-state index contributed by atoms with van der Waals surface area (Å²) in [5.74, 6) is -0.0839. The average molecular weight is 463 g/mol. The maximum Gasteiger partial charge on any atom is 0.252 e. The zero-order valence-corrected chi connectivity index (χ0v) is 20.3. The van der Waals surface area contributed by atoms with Gasteiger partial charge in [-0.3, -0.25) is 4.79 Å². The van der Waals surface area contributed by atoms with Gasteiger partial charge in [-0.15, -0.1) is 11.3 Å². The van der Waals surface area contributed by atoms with E-state index in [1.165, 1.54) is 27.8 Å². The van der Waals surface area contributed by atoms with Crippen molar-refractivity contribution in [1.82, 2.24) is 20.2 Å². The Kier molecular flexibility index (Phi) is 6.89. The van der Waals surface area contributed by atoms with Crippen molar-refractivity contribution in [3.8, 4) is 0 Å². The quantitative estimate of drug-likeness (QED) is 0.368. The lowest BCUT2D eigenvalue weighted by molar-refractivity contribution is 0.0939. The summed E-state index contributed by atoms with van der Waals surface area (Å²) in [7, 11) is 4.05. The van der Waals surface area contributed by atoms with Crippen LogP contribution in [-0.2, 0) is 0 Å². The minimum absolute atomic E-state index is 0.0839. The molecule has 0 radical (unpaired) electrons. The Morgan fingerprint density at radius 1 is 1.06 bits per heavy atom. The van der Waals surface area contributed by atoms with Crippen LogP contribution in [0.1, 0.15) is 32.4 Å². The van der Waals surface area contributed by atoms with Gasteiger partial charge in [0.25, 0.3) is 5.91 Å². The number of aromatic nitrogens is 2. The third-order valence-electron chi connectivity index (χ3n) is 5.53. The van der Waals surface area contributed by atoms with Gasteiger partial charge >= 0.3 is 0 Å². The van der Waals surface area contributed by atoms with E-state index in [1.54, 1.807) is 17.7 Å². The molecule has 0 bridgehead atoms. The summed E-state index contributed by atoms with van der Waals surface area (Å²) in [6.45, 7) is 4.73. The van der Waals surface area contributed by atoms with E-state index in [9.17, 15) is 4.79 Å². The first-order valence-electron chi connectivity index (χ1n) is 10.4. The minimum Gasteiger partial charge on any atom is -0.350 e. The van der Waals surface area contributed by atoms with E-state index >= 15 is 0 Å². The van der Waals surface area contributed by atoms with Gasteiger partial charge in [0.15, 0.2) is 0 Å². The van der Waals surface area contributed by atoms with E-state index in [4.69, 9.17) is 0 Å². The predicted octanol–water partition coefficient (Wildman–Crippen LogP) is 5.49. The zero-order valence-electron chi connectivity index (χ0n) is 18.6. The number of amides is 1. The van der Waals surface area contributed by atoms with Crippen LogP contribution in [0, 0.1) is 13.8 Å². The second-order valence-corrected chi connectivity index (χ2v) is 10.1. The smallest absolute Gasteiger partial charge is 0.252 e. The largest absolute Gasteiger partial charge is 0.350 e. The van der Waals surface area contributed by atoms with E-state index < -0.39 is 0 Å². The molecule has 1 unspecified atom stereocenters. The number of nitrogens with one attached hydrogen (secondary N) is 1. The summed E-state index contributed by atoms with van der Waals surface area (Å²) >= 11 is 3.20. The van der Waals surface area contributed by atoms with Crippen LogP contribution in [0.25, 0.3) is 10.2 Å². The SMILES string of the molecule is Cc1sc2ncnc(Sc3ccccc3C(=O)NCC(c3ccccc3)N(C)C)c2c1C.